The lowest BCUT2D eigenvalue weighted by Crippen LogP contribution is -2.33. The molecule has 1 atom stereocenters. The van der Waals surface area contributed by atoms with Gasteiger partial charge in [0.1, 0.15) is 0 Å². The van der Waals surface area contributed by atoms with Gasteiger partial charge in [-0.25, -0.2) is 0 Å². The molecular weight excluding hydrogens is 436 g/mol. The number of para-hydroxylation sites is 4. The average Bonchev–Trinajstić information content (AvgIpc) is 3.59. The molecule has 0 fully saturated rings. The molecule has 3 aliphatic rings. The minimum atomic E-state index is -0.181. The highest BCUT2D eigenvalue weighted by Crippen LogP contribution is 2.59. The number of hydrogen-bond donors (Lipinski definition) is 0. The quantitative estimate of drug-likeness (QED) is 0.234. The molecule has 2 nitrogen and oxygen atoms in total. The molecule has 0 N–H and O–H groups in total. The Balaban J connectivity index is 1.49. The molecule has 0 saturated heterocycles. The normalized spacial score (nSPS) is 19.3. The molecule has 0 radical (unpaired) electrons. The third-order valence-corrected chi connectivity index (χ3v) is 8.52. The maximum atomic E-state index is 2.53. The summed E-state index contributed by atoms with van der Waals surface area (Å²) in [6.07, 6.45) is 10.6. The number of nitrogens with zero attached hydrogens (tertiary/aromatic N) is 2. The van der Waals surface area contributed by atoms with Crippen molar-refractivity contribution in [1.82, 2.24) is 9.13 Å². The van der Waals surface area contributed by atoms with Crippen LogP contribution < -0.4 is 0 Å². The van der Waals surface area contributed by atoms with E-state index in [0.29, 0.717) is 0 Å². The summed E-state index contributed by atoms with van der Waals surface area (Å²) in [6, 6.07) is 35.5. The Hall–Kier alpha value is -4.56. The third kappa shape index (κ3) is 2.02. The van der Waals surface area contributed by atoms with E-state index >= 15 is 0 Å². The minimum absolute atomic E-state index is 0.181. The van der Waals surface area contributed by atoms with Crippen LogP contribution in [-0.4, -0.2) is 9.13 Å². The van der Waals surface area contributed by atoms with E-state index in [1.54, 1.807) is 0 Å². The molecule has 36 heavy (non-hydrogen) atoms. The van der Waals surface area contributed by atoms with Crippen molar-refractivity contribution in [3.63, 3.8) is 0 Å². The van der Waals surface area contributed by atoms with Crippen LogP contribution in [0.2, 0.25) is 0 Å². The molecule has 1 spiro atoms. The molecule has 0 saturated carbocycles. The maximum absolute atomic E-state index is 2.53. The molecule has 1 unspecified atom stereocenters. The van der Waals surface area contributed by atoms with Crippen LogP contribution in [0.3, 0.4) is 0 Å². The molecule has 4 aromatic carbocycles. The van der Waals surface area contributed by atoms with Crippen molar-refractivity contribution in [2.45, 2.75) is 11.8 Å². The summed E-state index contributed by atoms with van der Waals surface area (Å²) in [4.78, 5) is 0. The number of benzene rings is 4. The van der Waals surface area contributed by atoms with Gasteiger partial charge in [-0.15, -0.1) is 0 Å². The van der Waals surface area contributed by atoms with E-state index in [0.717, 1.165) is 6.42 Å². The van der Waals surface area contributed by atoms with Crippen LogP contribution in [0.15, 0.2) is 115 Å². The number of rotatable bonds is 1. The van der Waals surface area contributed by atoms with Gasteiger partial charge in [0, 0.05) is 38.6 Å². The number of aromatic nitrogens is 2. The van der Waals surface area contributed by atoms with E-state index in [-0.39, 0.29) is 5.41 Å². The fourth-order valence-corrected chi connectivity index (χ4v) is 7.19. The second-order valence-electron chi connectivity index (χ2n) is 10.2. The van der Waals surface area contributed by atoms with Crippen molar-refractivity contribution in [3.8, 4) is 5.69 Å². The van der Waals surface area contributed by atoms with Gasteiger partial charge in [-0.05, 0) is 36.8 Å². The van der Waals surface area contributed by atoms with E-state index in [4.69, 9.17) is 0 Å². The van der Waals surface area contributed by atoms with Crippen LogP contribution in [0.5, 0.6) is 0 Å². The summed E-state index contributed by atoms with van der Waals surface area (Å²) in [6.45, 7) is 0. The van der Waals surface area contributed by atoms with Gasteiger partial charge >= 0.3 is 0 Å². The summed E-state index contributed by atoms with van der Waals surface area (Å²) in [5.74, 6) is 0. The van der Waals surface area contributed by atoms with E-state index in [1.807, 2.05) is 0 Å². The summed E-state index contributed by atoms with van der Waals surface area (Å²) < 4.78 is 5.03. The maximum Gasteiger partial charge on any atom is 0.0610 e. The summed E-state index contributed by atoms with van der Waals surface area (Å²) in [5, 5.41) is 3.94. The van der Waals surface area contributed by atoms with E-state index in [1.165, 1.54) is 66.5 Å². The van der Waals surface area contributed by atoms with Crippen LogP contribution in [-0.2, 0) is 5.41 Å². The molecule has 168 valence electrons. The number of fused-ring (bicyclic) bond motifs is 9. The van der Waals surface area contributed by atoms with Gasteiger partial charge < -0.3 is 9.13 Å². The molecule has 1 aliphatic heterocycles. The molecule has 0 amide bonds. The summed E-state index contributed by atoms with van der Waals surface area (Å²) in [5.41, 5.74) is 11.7. The first kappa shape index (κ1) is 18.7. The van der Waals surface area contributed by atoms with Gasteiger partial charge in [-0.3, -0.25) is 0 Å². The van der Waals surface area contributed by atoms with Gasteiger partial charge in [0.15, 0.2) is 0 Å². The first-order valence-corrected chi connectivity index (χ1v) is 12.7. The Kier molecular flexibility index (Phi) is 3.31. The van der Waals surface area contributed by atoms with Crippen LogP contribution in [0.25, 0.3) is 55.7 Å². The van der Waals surface area contributed by atoms with E-state index in [9.17, 15) is 0 Å². The van der Waals surface area contributed by atoms with Crippen LogP contribution in [0.1, 0.15) is 23.2 Å². The molecular formula is C34H22N2. The van der Waals surface area contributed by atoms with Gasteiger partial charge in [0.25, 0.3) is 0 Å². The first-order chi connectivity index (χ1) is 17.9. The van der Waals surface area contributed by atoms with Gasteiger partial charge in [-0.2, -0.15) is 0 Å². The smallest absolute Gasteiger partial charge is 0.0610 e. The van der Waals surface area contributed by atoms with Crippen molar-refractivity contribution in [3.05, 3.63) is 132 Å². The molecule has 2 heteroatoms. The zero-order chi connectivity index (χ0) is 23.4. The van der Waals surface area contributed by atoms with Crippen molar-refractivity contribution in [2.24, 2.45) is 0 Å². The lowest BCUT2D eigenvalue weighted by Gasteiger charge is -2.40. The Labute approximate surface area is 208 Å². The second kappa shape index (κ2) is 6.35. The van der Waals surface area contributed by atoms with Crippen molar-refractivity contribution in [2.75, 3.05) is 0 Å². The average molecular weight is 459 g/mol. The fraction of sp³-hybridized carbons (Fsp3) is 0.0588. The fourth-order valence-electron chi connectivity index (χ4n) is 7.19. The standard InChI is InChI=1S/C34H22N2/c1-5-15-27-22(10-1)23-11-2-6-16-28(23)35(27)31-19-21-34-20-9-14-25-24-12-3-7-17-29(24)36(33(25)34)30-18-8-4-13-26(30)32(31)34/h1-19,21H,20H2. The largest absolute Gasteiger partial charge is 0.311 e. The molecule has 3 heterocycles. The van der Waals surface area contributed by atoms with Crippen molar-refractivity contribution >= 4 is 50.1 Å². The number of hydrogen-bond acceptors (Lipinski definition) is 0. The highest BCUT2D eigenvalue weighted by molar-refractivity contribution is 6.14. The third-order valence-electron chi connectivity index (χ3n) is 8.52. The summed E-state index contributed by atoms with van der Waals surface area (Å²) >= 11 is 0. The van der Waals surface area contributed by atoms with Crippen molar-refractivity contribution < 1.29 is 0 Å². The Morgan fingerprint density at radius 3 is 1.94 bits per heavy atom. The van der Waals surface area contributed by atoms with Gasteiger partial charge in [-0.1, -0.05) is 91.0 Å². The predicted molar refractivity (Wildman–Crippen MR) is 150 cm³/mol. The zero-order valence-electron chi connectivity index (χ0n) is 19.6. The monoisotopic (exact) mass is 458 g/mol. The lowest BCUT2D eigenvalue weighted by molar-refractivity contribution is 0.648. The molecule has 0 bridgehead atoms. The highest BCUT2D eigenvalue weighted by atomic mass is 15.1. The van der Waals surface area contributed by atoms with Crippen LogP contribution in [0.4, 0.5) is 0 Å². The van der Waals surface area contributed by atoms with Crippen LogP contribution in [0, 0.1) is 0 Å². The van der Waals surface area contributed by atoms with Crippen molar-refractivity contribution in [1.29, 1.82) is 0 Å². The molecule has 9 rings (SSSR count). The van der Waals surface area contributed by atoms with E-state index in [2.05, 4.69) is 131 Å². The Bertz CT molecular complexity index is 1970. The second-order valence-corrected chi connectivity index (χ2v) is 10.2. The molecule has 2 aromatic heterocycles. The molecule has 6 aromatic rings. The Morgan fingerprint density at radius 1 is 0.583 bits per heavy atom. The Morgan fingerprint density at radius 2 is 1.19 bits per heavy atom. The highest BCUT2D eigenvalue weighted by Gasteiger charge is 2.48. The number of allylic oxidation sites excluding steroid dienone is 5. The summed E-state index contributed by atoms with van der Waals surface area (Å²) in [7, 11) is 0. The van der Waals surface area contributed by atoms with E-state index < -0.39 is 0 Å². The minimum Gasteiger partial charge on any atom is -0.311 e. The van der Waals surface area contributed by atoms with Crippen LogP contribution >= 0.6 is 0 Å². The zero-order valence-corrected chi connectivity index (χ0v) is 19.6. The topological polar surface area (TPSA) is 9.86 Å². The first-order valence-electron chi connectivity index (χ1n) is 12.7. The predicted octanol–water partition coefficient (Wildman–Crippen LogP) is 8.34. The van der Waals surface area contributed by atoms with Gasteiger partial charge in [0.05, 0.1) is 33.3 Å². The van der Waals surface area contributed by atoms with Gasteiger partial charge in [0.2, 0.25) is 0 Å². The SMILES string of the molecule is C1=Cc2c3n(c4ccccc24)-c2ccccc2C2=C(n4c5ccccc5c5ccccc54)C=CC23C1. The lowest BCUT2D eigenvalue weighted by atomic mass is 9.68. The molecule has 2 aliphatic carbocycles.